The molecule has 2 aromatic carbocycles. The summed E-state index contributed by atoms with van der Waals surface area (Å²) in [4.78, 5) is 33.9. The lowest BCUT2D eigenvalue weighted by atomic mass is 9.90. The van der Waals surface area contributed by atoms with Gasteiger partial charge in [-0.05, 0) is 66.5 Å². The van der Waals surface area contributed by atoms with Crippen LogP contribution in [-0.2, 0) is 16.0 Å². The monoisotopic (exact) mass is 518 g/mol. The number of fused-ring (bicyclic) bond motifs is 1. The molecule has 36 heavy (non-hydrogen) atoms. The number of nitrogens with zero attached hydrogens (tertiary/aromatic N) is 2. The maximum atomic E-state index is 14.0. The fourth-order valence-electron chi connectivity index (χ4n) is 5.61. The van der Waals surface area contributed by atoms with Gasteiger partial charge >= 0.3 is 0 Å². The van der Waals surface area contributed by atoms with E-state index in [9.17, 15) is 9.59 Å². The van der Waals surface area contributed by atoms with Crippen LogP contribution in [0, 0.1) is 6.92 Å². The Hall–Kier alpha value is -2.57. The molecule has 1 saturated carbocycles. The molecule has 2 heterocycles. The van der Waals surface area contributed by atoms with Gasteiger partial charge in [-0.25, -0.2) is 0 Å². The van der Waals surface area contributed by atoms with Gasteiger partial charge < -0.3 is 9.80 Å². The molecule has 2 amide bonds. The third kappa shape index (κ3) is 5.55. The van der Waals surface area contributed by atoms with E-state index < -0.39 is 0 Å². The van der Waals surface area contributed by atoms with Gasteiger partial charge in [0.2, 0.25) is 11.8 Å². The van der Waals surface area contributed by atoms with Crippen LogP contribution in [0.5, 0.6) is 0 Å². The first kappa shape index (κ1) is 25.1. The molecule has 0 radical (unpaired) electrons. The smallest absolute Gasteiger partial charge is 0.243 e. The number of carbonyl (C=O) groups excluding carboxylic acids is 2. The number of carbonyl (C=O) groups is 2. The minimum atomic E-state index is -0.0873. The summed E-state index contributed by atoms with van der Waals surface area (Å²) in [5, 5.41) is 2.14. The Kier molecular flexibility index (Phi) is 8.12. The van der Waals surface area contributed by atoms with E-state index in [0.717, 1.165) is 37.0 Å². The lowest BCUT2D eigenvalue weighted by molar-refractivity contribution is -0.142. The summed E-state index contributed by atoms with van der Waals surface area (Å²) in [7, 11) is 0. The van der Waals surface area contributed by atoms with E-state index in [0.29, 0.717) is 12.3 Å². The topological polar surface area (TPSA) is 40.6 Å². The lowest BCUT2D eigenvalue weighted by Gasteiger charge is -2.40. The van der Waals surface area contributed by atoms with Gasteiger partial charge in [-0.3, -0.25) is 9.59 Å². The van der Waals surface area contributed by atoms with Crippen molar-refractivity contribution in [1.29, 1.82) is 0 Å². The summed E-state index contributed by atoms with van der Waals surface area (Å²) < 4.78 is 0. The summed E-state index contributed by atoms with van der Waals surface area (Å²) in [5.74, 6) is 0.498. The van der Waals surface area contributed by atoms with Crippen molar-refractivity contribution in [1.82, 2.24) is 9.80 Å². The number of hydrogen-bond acceptors (Lipinski definition) is 4. The number of hydrogen-bond donors (Lipinski definition) is 0. The zero-order valence-corrected chi connectivity index (χ0v) is 22.5. The van der Waals surface area contributed by atoms with Crippen molar-refractivity contribution in [3.63, 3.8) is 0 Å². The van der Waals surface area contributed by atoms with Gasteiger partial charge in [0.25, 0.3) is 0 Å². The molecule has 1 atom stereocenters. The summed E-state index contributed by atoms with van der Waals surface area (Å²) >= 11 is 3.34. The summed E-state index contributed by atoms with van der Waals surface area (Å²) in [6.07, 6.45) is 6.33. The number of benzene rings is 2. The molecule has 1 fully saturated rings. The molecule has 1 aliphatic carbocycles. The predicted octanol–water partition coefficient (Wildman–Crippen LogP) is 6.48. The molecule has 6 heteroatoms. The van der Waals surface area contributed by atoms with E-state index in [1.54, 1.807) is 23.1 Å². The SMILES string of the molecule is Cc1ccccc1C1c2ccsc2CCN1C(=O)CN(C(=O)CSc1ccccc1)C1CCCCC1. The quantitative estimate of drug-likeness (QED) is 0.336. The van der Waals surface area contributed by atoms with E-state index in [4.69, 9.17) is 0 Å². The van der Waals surface area contributed by atoms with Crippen LogP contribution in [0.25, 0.3) is 0 Å². The van der Waals surface area contributed by atoms with Crippen molar-refractivity contribution in [2.45, 2.75) is 62.4 Å². The molecule has 1 aromatic heterocycles. The van der Waals surface area contributed by atoms with Crippen molar-refractivity contribution in [3.05, 3.63) is 87.6 Å². The molecule has 2 aliphatic rings. The van der Waals surface area contributed by atoms with Crippen molar-refractivity contribution in [3.8, 4) is 0 Å². The first-order chi connectivity index (χ1) is 17.6. The van der Waals surface area contributed by atoms with Crippen LogP contribution in [0.15, 0.2) is 70.9 Å². The molecule has 188 valence electrons. The molecule has 0 bridgehead atoms. The second kappa shape index (κ2) is 11.7. The second-order valence-corrected chi connectivity index (χ2v) is 11.9. The van der Waals surface area contributed by atoms with Crippen LogP contribution in [0.3, 0.4) is 0 Å². The number of rotatable bonds is 7. The highest BCUT2D eigenvalue weighted by molar-refractivity contribution is 8.00. The first-order valence-electron chi connectivity index (χ1n) is 13.0. The fourth-order valence-corrected chi connectivity index (χ4v) is 7.32. The highest BCUT2D eigenvalue weighted by atomic mass is 32.2. The zero-order chi connectivity index (χ0) is 24.9. The average molecular weight is 519 g/mol. The van der Waals surface area contributed by atoms with Gasteiger partial charge in [0.15, 0.2) is 0 Å². The van der Waals surface area contributed by atoms with E-state index >= 15 is 0 Å². The van der Waals surface area contributed by atoms with E-state index in [2.05, 4.69) is 42.6 Å². The van der Waals surface area contributed by atoms with Crippen LogP contribution in [0.4, 0.5) is 0 Å². The highest BCUT2D eigenvalue weighted by Gasteiger charge is 2.36. The van der Waals surface area contributed by atoms with Crippen LogP contribution in [0.2, 0.25) is 0 Å². The van der Waals surface area contributed by atoms with Gasteiger partial charge in [-0.1, -0.05) is 61.7 Å². The lowest BCUT2D eigenvalue weighted by Crippen LogP contribution is -2.50. The molecular formula is C30H34N2O2S2. The van der Waals surface area contributed by atoms with Crippen molar-refractivity contribution < 1.29 is 9.59 Å². The van der Waals surface area contributed by atoms with Gasteiger partial charge in [0, 0.05) is 22.4 Å². The Labute approximate surface area is 222 Å². The Morgan fingerprint density at radius 3 is 2.50 bits per heavy atom. The normalized spacial score (nSPS) is 18.0. The van der Waals surface area contributed by atoms with Gasteiger partial charge in [-0.2, -0.15) is 0 Å². The molecule has 0 N–H and O–H groups in total. The first-order valence-corrected chi connectivity index (χ1v) is 14.9. The van der Waals surface area contributed by atoms with Gasteiger partial charge in [0.05, 0.1) is 11.8 Å². The summed E-state index contributed by atoms with van der Waals surface area (Å²) in [5.41, 5.74) is 3.61. The Morgan fingerprint density at radius 1 is 0.972 bits per heavy atom. The second-order valence-electron chi connectivity index (χ2n) is 9.81. The standard InChI is InChI=1S/C30H34N2O2S2/c1-22-10-8-9-15-25(22)30-26-17-19-35-27(26)16-18-31(30)28(33)20-32(23-11-4-2-5-12-23)29(34)21-36-24-13-6-3-7-14-24/h3,6-10,13-15,17,19,23,30H,2,4-5,11-12,16,18,20-21H2,1H3. The minimum absolute atomic E-state index is 0.0590. The van der Waals surface area contributed by atoms with E-state index in [1.165, 1.54) is 28.0 Å². The Bertz CT molecular complexity index is 1190. The predicted molar refractivity (Wildman–Crippen MR) is 149 cm³/mol. The number of thiophene rings is 1. The molecule has 5 rings (SSSR count). The molecule has 0 spiro atoms. The number of aryl methyl sites for hydroxylation is 1. The van der Waals surface area contributed by atoms with Crippen molar-refractivity contribution in [2.75, 3.05) is 18.8 Å². The molecular weight excluding hydrogens is 484 g/mol. The van der Waals surface area contributed by atoms with Gasteiger partial charge in [0.1, 0.15) is 6.54 Å². The third-order valence-corrected chi connectivity index (χ3v) is 9.51. The van der Waals surface area contributed by atoms with Crippen LogP contribution in [-0.4, -0.2) is 46.5 Å². The zero-order valence-electron chi connectivity index (χ0n) is 20.9. The largest absolute Gasteiger partial charge is 0.330 e. The van der Waals surface area contributed by atoms with Crippen LogP contribution >= 0.6 is 23.1 Å². The number of thioether (sulfide) groups is 1. The average Bonchev–Trinajstić information content (AvgIpc) is 3.40. The van der Waals surface area contributed by atoms with Crippen LogP contribution in [0.1, 0.15) is 59.7 Å². The van der Waals surface area contributed by atoms with Gasteiger partial charge in [-0.15, -0.1) is 23.1 Å². The minimum Gasteiger partial charge on any atom is -0.330 e. The molecule has 1 unspecified atom stereocenters. The number of amides is 2. The maximum absolute atomic E-state index is 14.0. The molecule has 0 saturated heterocycles. The summed E-state index contributed by atoms with van der Waals surface area (Å²) in [6, 6.07) is 20.7. The van der Waals surface area contributed by atoms with E-state index in [-0.39, 0.29) is 30.4 Å². The van der Waals surface area contributed by atoms with Crippen molar-refractivity contribution >= 4 is 34.9 Å². The fraction of sp³-hybridized carbons (Fsp3) is 0.400. The summed E-state index contributed by atoms with van der Waals surface area (Å²) in [6.45, 7) is 2.98. The molecule has 4 nitrogen and oxygen atoms in total. The van der Waals surface area contributed by atoms with Crippen molar-refractivity contribution in [2.24, 2.45) is 0 Å². The van der Waals surface area contributed by atoms with E-state index in [1.807, 2.05) is 40.1 Å². The van der Waals surface area contributed by atoms with Crippen LogP contribution < -0.4 is 0 Å². The maximum Gasteiger partial charge on any atom is 0.243 e. The highest BCUT2D eigenvalue weighted by Crippen LogP contribution is 2.39. The Balaban J connectivity index is 1.38. The third-order valence-electron chi connectivity index (χ3n) is 7.52. The Morgan fingerprint density at radius 2 is 1.72 bits per heavy atom. The molecule has 3 aromatic rings. The molecule has 1 aliphatic heterocycles.